The summed E-state index contributed by atoms with van der Waals surface area (Å²) in [5.74, 6) is 1.05. The number of rotatable bonds is 6. The predicted octanol–water partition coefficient (Wildman–Crippen LogP) is 1.13. The van der Waals surface area contributed by atoms with Crippen LogP contribution in [-0.2, 0) is 4.79 Å². The number of carbonyl (C=O) groups is 1. The van der Waals surface area contributed by atoms with Gasteiger partial charge in [0.2, 0.25) is 5.91 Å². The Morgan fingerprint density at radius 3 is 2.93 bits per heavy atom. The van der Waals surface area contributed by atoms with Crippen LogP contribution in [0.1, 0.15) is 32.6 Å². The highest BCUT2D eigenvalue weighted by Gasteiger charge is 2.20. The van der Waals surface area contributed by atoms with Crippen LogP contribution in [0.3, 0.4) is 0 Å². The van der Waals surface area contributed by atoms with Gasteiger partial charge in [0.25, 0.3) is 0 Å². The first-order valence-corrected chi connectivity index (χ1v) is 6.36. The first-order valence-electron chi connectivity index (χ1n) is 5.32. The zero-order valence-corrected chi connectivity index (χ0v) is 9.61. The maximum atomic E-state index is 10.5. The highest BCUT2D eigenvalue weighted by molar-refractivity contribution is 8.00. The zero-order chi connectivity index (χ0) is 10.4. The highest BCUT2D eigenvalue weighted by Crippen LogP contribution is 2.25. The van der Waals surface area contributed by atoms with Gasteiger partial charge in [-0.1, -0.05) is 6.92 Å². The second-order valence-corrected chi connectivity index (χ2v) is 5.43. The molecule has 0 aromatic rings. The minimum atomic E-state index is -0.185. The molecule has 3 nitrogen and oxygen atoms in total. The second kappa shape index (κ2) is 6.30. The summed E-state index contributed by atoms with van der Waals surface area (Å²) in [6, 6.07) is 0.684. The van der Waals surface area contributed by atoms with Crippen molar-refractivity contribution in [3.63, 3.8) is 0 Å². The van der Waals surface area contributed by atoms with Crippen LogP contribution >= 0.6 is 11.8 Å². The number of unbranched alkanes of at least 4 members (excludes halogenated alkanes) is 1. The van der Waals surface area contributed by atoms with Crippen LogP contribution in [0.5, 0.6) is 0 Å². The molecule has 1 aliphatic heterocycles. The standard InChI is InChI=1S/C10H20N2OS/c1-8-6-9(7-14-8)12-5-3-2-4-10(11)13/h8-9,12H,2-7H2,1H3,(H2,11,13). The highest BCUT2D eigenvalue weighted by atomic mass is 32.2. The Hall–Kier alpha value is -0.220. The van der Waals surface area contributed by atoms with E-state index in [1.165, 1.54) is 12.2 Å². The molecule has 4 heteroatoms. The van der Waals surface area contributed by atoms with Crippen molar-refractivity contribution < 1.29 is 4.79 Å². The summed E-state index contributed by atoms with van der Waals surface area (Å²) in [6.45, 7) is 3.30. The summed E-state index contributed by atoms with van der Waals surface area (Å²) in [6.07, 6.45) is 3.77. The molecule has 1 heterocycles. The Morgan fingerprint density at radius 1 is 1.57 bits per heavy atom. The van der Waals surface area contributed by atoms with Crippen LogP contribution in [0.25, 0.3) is 0 Å². The first kappa shape index (κ1) is 11.9. The molecule has 0 bridgehead atoms. The third-order valence-electron chi connectivity index (χ3n) is 2.48. The quantitative estimate of drug-likeness (QED) is 0.654. The molecule has 1 fully saturated rings. The van der Waals surface area contributed by atoms with E-state index in [9.17, 15) is 4.79 Å². The normalized spacial score (nSPS) is 26.6. The summed E-state index contributed by atoms with van der Waals surface area (Å²) in [5.41, 5.74) is 5.05. The van der Waals surface area contributed by atoms with E-state index in [0.717, 1.165) is 24.6 Å². The molecule has 2 atom stereocenters. The molecule has 0 radical (unpaired) electrons. The van der Waals surface area contributed by atoms with Crippen LogP contribution in [-0.4, -0.2) is 29.5 Å². The SMILES string of the molecule is CC1CC(NCCCCC(N)=O)CS1. The topological polar surface area (TPSA) is 55.1 Å². The summed E-state index contributed by atoms with van der Waals surface area (Å²) in [4.78, 5) is 10.5. The Labute approximate surface area is 90.2 Å². The monoisotopic (exact) mass is 216 g/mol. The van der Waals surface area contributed by atoms with Crippen molar-refractivity contribution >= 4 is 17.7 Å². The maximum Gasteiger partial charge on any atom is 0.217 e. The van der Waals surface area contributed by atoms with E-state index in [2.05, 4.69) is 12.2 Å². The van der Waals surface area contributed by atoms with Crippen molar-refractivity contribution in [2.24, 2.45) is 5.73 Å². The van der Waals surface area contributed by atoms with Gasteiger partial charge in [-0.2, -0.15) is 11.8 Å². The fourth-order valence-corrected chi connectivity index (χ4v) is 2.87. The van der Waals surface area contributed by atoms with Gasteiger partial charge in [-0.3, -0.25) is 4.79 Å². The fourth-order valence-electron chi connectivity index (χ4n) is 1.69. The average molecular weight is 216 g/mol. The molecule has 14 heavy (non-hydrogen) atoms. The van der Waals surface area contributed by atoms with Crippen molar-refractivity contribution in [1.29, 1.82) is 0 Å². The van der Waals surface area contributed by atoms with Gasteiger partial charge in [0.15, 0.2) is 0 Å². The molecule has 0 saturated carbocycles. The molecule has 1 amide bonds. The van der Waals surface area contributed by atoms with Crippen LogP contribution in [0.2, 0.25) is 0 Å². The van der Waals surface area contributed by atoms with Crippen molar-refractivity contribution in [3.05, 3.63) is 0 Å². The number of carbonyl (C=O) groups excluding carboxylic acids is 1. The fraction of sp³-hybridized carbons (Fsp3) is 0.900. The number of nitrogens with two attached hydrogens (primary N) is 1. The van der Waals surface area contributed by atoms with Gasteiger partial charge in [0.05, 0.1) is 0 Å². The number of thioether (sulfide) groups is 1. The number of amides is 1. The largest absolute Gasteiger partial charge is 0.370 e. The van der Waals surface area contributed by atoms with E-state index < -0.39 is 0 Å². The number of nitrogens with one attached hydrogen (secondary N) is 1. The third kappa shape index (κ3) is 4.86. The van der Waals surface area contributed by atoms with Crippen molar-refractivity contribution in [1.82, 2.24) is 5.32 Å². The number of hydrogen-bond acceptors (Lipinski definition) is 3. The summed E-state index contributed by atoms with van der Waals surface area (Å²) >= 11 is 2.04. The first-order chi connectivity index (χ1) is 6.68. The maximum absolute atomic E-state index is 10.5. The summed E-state index contributed by atoms with van der Waals surface area (Å²) in [7, 11) is 0. The van der Waals surface area contributed by atoms with Crippen LogP contribution in [0.15, 0.2) is 0 Å². The van der Waals surface area contributed by atoms with E-state index in [4.69, 9.17) is 5.73 Å². The van der Waals surface area contributed by atoms with E-state index in [1.54, 1.807) is 0 Å². The van der Waals surface area contributed by atoms with Gasteiger partial charge in [0, 0.05) is 23.5 Å². The summed E-state index contributed by atoms with van der Waals surface area (Å²) in [5, 5.41) is 4.32. The van der Waals surface area contributed by atoms with Crippen LogP contribution < -0.4 is 11.1 Å². The van der Waals surface area contributed by atoms with Gasteiger partial charge < -0.3 is 11.1 Å². The Kier molecular flexibility index (Phi) is 5.33. The van der Waals surface area contributed by atoms with Crippen LogP contribution in [0.4, 0.5) is 0 Å². The molecule has 82 valence electrons. The molecule has 0 aliphatic carbocycles. The Morgan fingerprint density at radius 2 is 2.36 bits per heavy atom. The van der Waals surface area contributed by atoms with Gasteiger partial charge in [-0.25, -0.2) is 0 Å². The predicted molar refractivity (Wildman–Crippen MR) is 61.4 cm³/mol. The van der Waals surface area contributed by atoms with Crippen molar-refractivity contribution in [2.45, 2.75) is 43.9 Å². The molecular weight excluding hydrogens is 196 g/mol. The molecule has 1 aliphatic rings. The smallest absolute Gasteiger partial charge is 0.217 e. The molecule has 0 aromatic carbocycles. The van der Waals surface area contributed by atoms with E-state index in [-0.39, 0.29) is 5.91 Å². The molecule has 0 aromatic heterocycles. The van der Waals surface area contributed by atoms with Gasteiger partial charge >= 0.3 is 0 Å². The molecule has 1 saturated heterocycles. The molecule has 3 N–H and O–H groups in total. The van der Waals surface area contributed by atoms with E-state index in [1.807, 2.05) is 11.8 Å². The second-order valence-electron chi connectivity index (χ2n) is 3.95. The number of hydrogen-bond donors (Lipinski definition) is 2. The minimum Gasteiger partial charge on any atom is -0.370 e. The van der Waals surface area contributed by atoms with Crippen molar-refractivity contribution in [2.75, 3.05) is 12.3 Å². The minimum absolute atomic E-state index is 0.185. The van der Waals surface area contributed by atoms with Gasteiger partial charge in [-0.05, 0) is 25.8 Å². The van der Waals surface area contributed by atoms with Gasteiger partial charge in [-0.15, -0.1) is 0 Å². The summed E-state index contributed by atoms with van der Waals surface area (Å²) < 4.78 is 0. The average Bonchev–Trinajstić information content (AvgIpc) is 2.50. The lowest BCUT2D eigenvalue weighted by Gasteiger charge is -2.10. The lowest BCUT2D eigenvalue weighted by Crippen LogP contribution is -2.30. The van der Waals surface area contributed by atoms with Crippen molar-refractivity contribution in [3.8, 4) is 0 Å². The van der Waals surface area contributed by atoms with E-state index >= 15 is 0 Å². The Balaban J connectivity index is 1.91. The van der Waals surface area contributed by atoms with Gasteiger partial charge in [0.1, 0.15) is 0 Å². The zero-order valence-electron chi connectivity index (χ0n) is 8.79. The lowest BCUT2D eigenvalue weighted by atomic mass is 10.2. The molecule has 0 spiro atoms. The van der Waals surface area contributed by atoms with Crippen LogP contribution in [0, 0.1) is 0 Å². The molecule has 1 rings (SSSR count). The Bertz CT molecular complexity index is 187. The lowest BCUT2D eigenvalue weighted by molar-refractivity contribution is -0.118. The number of primary amides is 1. The molecule has 2 unspecified atom stereocenters. The molecular formula is C10H20N2OS. The van der Waals surface area contributed by atoms with E-state index in [0.29, 0.717) is 12.5 Å². The third-order valence-corrected chi connectivity index (χ3v) is 3.84.